The summed E-state index contributed by atoms with van der Waals surface area (Å²) in [6.07, 6.45) is -3.88. The van der Waals surface area contributed by atoms with E-state index in [4.69, 9.17) is 9.47 Å². The molecule has 2 aliphatic heterocycles. The number of benzene rings is 3. The molecule has 2 heterocycles. The van der Waals surface area contributed by atoms with Crippen LogP contribution in [-0.4, -0.2) is 23.0 Å². The Hall–Kier alpha value is -3.20. The molecule has 9 heteroatoms. The van der Waals surface area contributed by atoms with Gasteiger partial charge in [-0.2, -0.15) is 13.2 Å². The van der Waals surface area contributed by atoms with Crippen LogP contribution in [0.5, 0.6) is 17.2 Å². The van der Waals surface area contributed by atoms with Crippen molar-refractivity contribution in [2.45, 2.75) is 23.8 Å². The topological polar surface area (TPSA) is 64.6 Å². The predicted molar refractivity (Wildman–Crippen MR) is 113 cm³/mol. The highest BCUT2D eigenvalue weighted by Crippen LogP contribution is 2.44. The molecule has 0 aliphatic carbocycles. The Kier molecular flexibility index (Phi) is 5.00. The minimum Gasteiger partial charge on any atom is -0.493 e. The van der Waals surface area contributed by atoms with E-state index in [0.29, 0.717) is 29.9 Å². The second-order valence-electron chi connectivity index (χ2n) is 7.52. The summed E-state index contributed by atoms with van der Waals surface area (Å²) in [6, 6.07) is 13.6. The van der Waals surface area contributed by atoms with Gasteiger partial charge in [-0.25, -0.2) is 0 Å². The lowest BCUT2D eigenvalue weighted by Gasteiger charge is -2.28. The van der Waals surface area contributed by atoms with Crippen molar-refractivity contribution in [3.05, 3.63) is 65.7 Å². The highest BCUT2D eigenvalue weighted by molar-refractivity contribution is 8.15. The molecule has 5 nitrogen and oxygen atoms in total. The van der Waals surface area contributed by atoms with E-state index in [9.17, 15) is 22.8 Å². The number of carbonyl (C=O) groups excluding carboxylic acids is 2. The number of alkyl halides is 3. The Morgan fingerprint density at radius 2 is 1.81 bits per heavy atom. The van der Waals surface area contributed by atoms with Gasteiger partial charge in [0, 0.05) is 17.4 Å². The quantitative estimate of drug-likeness (QED) is 0.531. The fourth-order valence-electron chi connectivity index (χ4n) is 4.14. The number of thioether (sulfide) groups is 1. The molecule has 2 amide bonds. The van der Waals surface area contributed by atoms with Crippen LogP contribution in [0.25, 0.3) is 10.8 Å². The molecule has 1 fully saturated rings. The molecule has 0 aromatic heterocycles. The first-order valence-electron chi connectivity index (χ1n) is 9.86. The molecule has 0 spiro atoms. The van der Waals surface area contributed by atoms with E-state index < -0.39 is 17.0 Å². The number of amides is 2. The summed E-state index contributed by atoms with van der Waals surface area (Å²) in [4.78, 5) is 23.7. The summed E-state index contributed by atoms with van der Waals surface area (Å²) in [7, 11) is 0. The van der Waals surface area contributed by atoms with E-state index >= 15 is 0 Å². The second kappa shape index (κ2) is 7.74. The molecule has 164 valence electrons. The van der Waals surface area contributed by atoms with Gasteiger partial charge < -0.3 is 9.47 Å². The number of imide groups is 1. The molecule has 2 aliphatic rings. The van der Waals surface area contributed by atoms with Crippen LogP contribution in [0.2, 0.25) is 0 Å². The van der Waals surface area contributed by atoms with E-state index in [1.807, 2.05) is 0 Å². The predicted octanol–water partition coefficient (Wildman–Crippen LogP) is 5.87. The molecule has 1 saturated heterocycles. The van der Waals surface area contributed by atoms with Gasteiger partial charge in [0.15, 0.2) is 0 Å². The van der Waals surface area contributed by atoms with Crippen LogP contribution in [0.3, 0.4) is 0 Å². The lowest BCUT2D eigenvalue weighted by Crippen LogP contribution is -2.31. The first kappa shape index (κ1) is 20.7. The average Bonchev–Trinajstić information content (AvgIpc) is 3.10. The number of ether oxygens (including phenoxy) is 2. The number of carbonyl (C=O) groups is 2. The van der Waals surface area contributed by atoms with Crippen molar-refractivity contribution < 1.29 is 32.2 Å². The first-order chi connectivity index (χ1) is 15.3. The van der Waals surface area contributed by atoms with E-state index in [2.05, 4.69) is 5.32 Å². The number of halogens is 3. The molecule has 0 radical (unpaired) electrons. The van der Waals surface area contributed by atoms with Crippen molar-refractivity contribution in [1.82, 2.24) is 5.32 Å². The van der Waals surface area contributed by atoms with Gasteiger partial charge in [0.25, 0.3) is 5.24 Å². The molecule has 5 rings (SSSR count). The van der Waals surface area contributed by atoms with Crippen molar-refractivity contribution in [2.75, 3.05) is 6.61 Å². The standard InChI is InChI=1S/C23H16F3NO4S/c24-23(25,26)17-7-8-18(14-4-2-1-3-13(14)17)31-12-5-6-15-16(9-10-30-19(15)11-12)20-21(28)27-22(29)32-20/h1-8,11,16,20H,9-10H2,(H,27,28,29)/t16-,20?/m1/s1. The highest BCUT2D eigenvalue weighted by atomic mass is 32.2. The first-order valence-corrected chi connectivity index (χ1v) is 10.7. The largest absolute Gasteiger partial charge is 0.493 e. The van der Waals surface area contributed by atoms with Gasteiger partial charge in [0.05, 0.1) is 12.2 Å². The van der Waals surface area contributed by atoms with Gasteiger partial charge in [0.2, 0.25) is 5.91 Å². The van der Waals surface area contributed by atoms with E-state index in [0.717, 1.165) is 23.4 Å². The zero-order valence-electron chi connectivity index (χ0n) is 16.4. The van der Waals surface area contributed by atoms with Gasteiger partial charge >= 0.3 is 6.18 Å². The van der Waals surface area contributed by atoms with Crippen LogP contribution >= 0.6 is 11.8 Å². The fraction of sp³-hybridized carbons (Fsp3) is 0.217. The van der Waals surface area contributed by atoms with Crippen molar-refractivity contribution >= 4 is 33.7 Å². The number of hydrogen-bond acceptors (Lipinski definition) is 5. The van der Waals surface area contributed by atoms with Crippen LogP contribution < -0.4 is 14.8 Å². The molecular weight excluding hydrogens is 443 g/mol. The van der Waals surface area contributed by atoms with Crippen molar-refractivity contribution in [2.24, 2.45) is 0 Å². The van der Waals surface area contributed by atoms with Gasteiger partial charge in [-0.1, -0.05) is 42.1 Å². The Morgan fingerprint density at radius 3 is 2.53 bits per heavy atom. The van der Waals surface area contributed by atoms with Crippen molar-refractivity contribution in [1.29, 1.82) is 0 Å². The molecule has 32 heavy (non-hydrogen) atoms. The van der Waals surface area contributed by atoms with E-state index in [1.54, 1.807) is 36.4 Å². The maximum absolute atomic E-state index is 13.4. The third-order valence-corrected chi connectivity index (χ3v) is 6.68. The number of nitrogens with one attached hydrogen (secondary N) is 1. The zero-order valence-corrected chi connectivity index (χ0v) is 17.3. The Labute approximate surface area is 184 Å². The minimum atomic E-state index is -4.47. The summed E-state index contributed by atoms with van der Waals surface area (Å²) < 4.78 is 51.8. The lowest BCUT2D eigenvalue weighted by atomic mass is 9.89. The van der Waals surface area contributed by atoms with Crippen LogP contribution in [0.1, 0.15) is 23.5 Å². The molecule has 3 aromatic rings. The Bertz CT molecular complexity index is 1240. The van der Waals surface area contributed by atoms with E-state index in [1.165, 1.54) is 12.1 Å². The number of rotatable bonds is 3. The van der Waals surface area contributed by atoms with Gasteiger partial charge in [-0.05, 0) is 35.6 Å². The second-order valence-corrected chi connectivity index (χ2v) is 8.63. The Morgan fingerprint density at radius 1 is 1.03 bits per heavy atom. The Balaban J connectivity index is 1.47. The molecular formula is C23H16F3NO4S. The molecule has 3 aromatic carbocycles. The third-order valence-electron chi connectivity index (χ3n) is 5.57. The van der Waals surface area contributed by atoms with Crippen molar-refractivity contribution in [3.8, 4) is 17.2 Å². The van der Waals surface area contributed by atoms with Crippen LogP contribution in [0.15, 0.2) is 54.6 Å². The van der Waals surface area contributed by atoms with E-state index in [-0.39, 0.29) is 28.2 Å². The maximum atomic E-state index is 13.4. The fourth-order valence-corrected chi connectivity index (χ4v) is 5.15. The number of fused-ring (bicyclic) bond motifs is 2. The minimum absolute atomic E-state index is 0.0562. The summed E-state index contributed by atoms with van der Waals surface area (Å²) in [5.41, 5.74) is 0.0715. The molecule has 0 bridgehead atoms. The van der Waals surface area contributed by atoms with Crippen molar-refractivity contribution in [3.63, 3.8) is 0 Å². The van der Waals surface area contributed by atoms with Crippen LogP contribution in [-0.2, 0) is 11.0 Å². The molecule has 1 N–H and O–H groups in total. The monoisotopic (exact) mass is 459 g/mol. The number of hydrogen-bond donors (Lipinski definition) is 1. The molecule has 2 atom stereocenters. The molecule has 0 saturated carbocycles. The van der Waals surface area contributed by atoms with Gasteiger partial charge in [0.1, 0.15) is 22.5 Å². The molecule has 1 unspecified atom stereocenters. The summed E-state index contributed by atoms with van der Waals surface area (Å²) >= 11 is 0.977. The lowest BCUT2D eigenvalue weighted by molar-refractivity contribution is -0.136. The SMILES string of the molecule is O=C1NC(=O)C([C@@H]2CCOc3cc(Oc4ccc(C(F)(F)F)c5ccccc45)ccc32)S1. The average molecular weight is 459 g/mol. The van der Waals surface area contributed by atoms with Crippen LogP contribution in [0.4, 0.5) is 18.0 Å². The zero-order chi connectivity index (χ0) is 22.5. The van der Waals surface area contributed by atoms with Gasteiger partial charge in [-0.3, -0.25) is 14.9 Å². The summed E-state index contributed by atoms with van der Waals surface area (Å²) in [5, 5.41) is 1.83. The summed E-state index contributed by atoms with van der Waals surface area (Å²) in [6.45, 7) is 0.378. The third kappa shape index (κ3) is 3.66. The maximum Gasteiger partial charge on any atom is 0.417 e. The van der Waals surface area contributed by atoms with Crippen LogP contribution in [0, 0.1) is 0 Å². The highest BCUT2D eigenvalue weighted by Gasteiger charge is 2.41. The smallest absolute Gasteiger partial charge is 0.417 e. The normalized spacial score (nSPS) is 20.6. The summed E-state index contributed by atoms with van der Waals surface area (Å²) in [5.74, 6) is 0.722. The van der Waals surface area contributed by atoms with Gasteiger partial charge in [-0.15, -0.1) is 0 Å².